The molecule has 5 heteroatoms. The number of aromatic nitrogens is 1. The number of nitrogens with zero attached hydrogens (tertiary/aromatic N) is 3. The Labute approximate surface area is 184 Å². The van der Waals surface area contributed by atoms with Crippen LogP contribution in [0.1, 0.15) is 23.2 Å². The lowest BCUT2D eigenvalue weighted by Gasteiger charge is -2.22. The molecule has 0 unspecified atom stereocenters. The molecule has 1 amide bonds. The summed E-state index contributed by atoms with van der Waals surface area (Å²) in [4.78, 5) is 21.6. The highest BCUT2D eigenvalue weighted by Gasteiger charge is 2.19. The first-order valence-corrected chi connectivity index (χ1v) is 10.9. The van der Waals surface area contributed by atoms with Gasteiger partial charge in [0.05, 0.1) is 12.1 Å². The normalized spacial score (nSPS) is 14.8. The summed E-state index contributed by atoms with van der Waals surface area (Å²) in [6, 6.07) is 24.0. The van der Waals surface area contributed by atoms with E-state index in [-0.39, 0.29) is 5.91 Å². The fourth-order valence-electron chi connectivity index (χ4n) is 3.83. The Morgan fingerprint density at radius 1 is 0.839 bits per heavy atom. The van der Waals surface area contributed by atoms with Gasteiger partial charge in [-0.05, 0) is 41.8 Å². The molecule has 0 atom stereocenters. The Kier molecular flexibility index (Phi) is 7.29. The maximum absolute atomic E-state index is 12.8. The summed E-state index contributed by atoms with van der Waals surface area (Å²) in [6.07, 6.45) is 3.25. The lowest BCUT2D eigenvalue weighted by Crippen LogP contribution is -2.36. The predicted molar refractivity (Wildman–Crippen MR) is 122 cm³/mol. The van der Waals surface area contributed by atoms with Crippen LogP contribution in [0, 0.1) is 0 Å². The molecule has 5 nitrogen and oxygen atoms in total. The molecule has 4 rings (SSSR count). The van der Waals surface area contributed by atoms with Gasteiger partial charge in [0.15, 0.2) is 0 Å². The van der Waals surface area contributed by atoms with E-state index in [1.807, 2.05) is 77.8 Å². The van der Waals surface area contributed by atoms with Crippen molar-refractivity contribution in [3.05, 3.63) is 95.8 Å². The van der Waals surface area contributed by atoms with Crippen molar-refractivity contribution in [1.29, 1.82) is 0 Å². The molecule has 1 aromatic heterocycles. The van der Waals surface area contributed by atoms with Gasteiger partial charge in [0, 0.05) is 38.9 Å². The Morgan fingerprint density at radius 2 is 1.65 bits per heavy atom. The molecule has 0 bridgehead atoms. The molecule has 1 saturated heterocycles. The van der Waals surface area contributed by atoms with Crippen molar-refractivity contribution in [2.75, 3.05) is 26.2 Å². The van der Waals surface area contributed by atoms with E-state index in [1.165, 1.54) is 0 Å². The van der Waals surface area contributed by atoms with Gasteiger partial charge >= 0.3 is 0 Å². The van der Waals surface area contributed by atoms with Crippen LogP contribution in [0.15, 0.2) is 79.0 Å². The van der Waals surface area contributed by atoms with E-state index < -0.39 is 0 Å². The maximum atomic E-state index is 12.8. The minimum Gasteiger partial charge on any atom is -0.489 e. The number of pyridine rings is 1. The van der Waals surface area contributed by atoms with Crippen LogP contribution in [0.4, 0.5) is 0 Å². The summed E-state index contributed by atoms with van der Waals surface area (Å²) in [5, 5.41) is 0. The zero-order chi connectivity index (χ0) is 21.3. The number of benzene rings is 2. The third-order valence-electron chi connectivity index (χ3n) is 5.58. The van der Waals surface area contributed by atoms with E-state index in [1.54, 1.807) is 0 Å². The summed E-state index contributed by atoms with van der Waals surface area (Å²) in [6.45, 7) is 4.84. The van der Waals surface area contributed by atoms with Crippen molar-refractivity contribution in [2.45, 2.75) is 26.0 Å². The number of carbonyl (C=O) groups excluding carboxylic acids is 1. The standard InChI is InChI=1S/C26H29N3O2/c30-26(29-16-6-15-28(17-18-29)20-24-9-4-5-14-27-24)19-22-10-12-25(13-11-22)31-21-23-7-2-1-3-8-23/h1-5,7-14H,6,15-21H2. The van der Waals surface area contributed by atoms with Gasteiger partial charge in [0.1, 0.15) is 12.4 Å². The quantitative estimate of drug-likeness (QED) is 0.586. The van der Waals surface area contributed by atoms with E-state index in [9.17, 15) is 4.79 Å². The lowest BCUT2D eigenvalue weighted by atomic mass is 10.1. The highest BCUT2D eigenvalue weighted by Crippen LogP contribution is 2.16. The largest absolute Gasteiger partial charge is 0.489 e. The van der Waals surface area contributed by atoms with Crippen molar-refractivity contribution >= 4 is 5.91 Å². The van der Waals surface area contributed by atoms with E-state index in [2.05, 4.69) is 16.0 Å². The molecular weight excluding hydrogens is 386 g/mol. The van der Waals surface area contributed by atoms with Crippen LogP contribution in [0.3, 0.4) is 0 Å². The third-order valence-corrected chi connectivity index (χ3v) is 5.58. The minimum absolute atomic E-state index is 0.192. The van der Waals surface area contributed by atoms with E-state index in [4.69, 9.17) is 4.74 Å². The van der Waals surface area contributed by atoms with Crippen LogP contribution in [-0.2, 0) is 24.4 Å². The average Bonchev–Trinajstić information content (AvgIpc) is 3.06. The Bertz CT molecular complexity index is 945. The summed E-state index contributed by atoms with van der Waals surface area (Å²) in [5.74, 6) is 1.01. The van der Waals surface area contributed by atoms with Crippen molar-refractivity contribution in [3.63, 3.8) is 0 Å². The predicted octanol–water partition coefficient (Wildman–Crippen LogP) is 3.94. The lowest BCUT2D eigenvalue weighted by molar-refractivity contribution is -0.130. The smallest absolute Gasteiger partial charge is 0.227 e. The van der Waals surface area contributed by atoms with Gasteiger partial charge in [-0.2, -0.15) is 0 Å². The van der Waals surface area contributed by atoms with Gasteiger partial charge in [0.25, 0.3) is 0 Å². The first kappa shape index (κ1) is 21.1. The Morgan fingerprint density at radius 3 is 2.42 bits per heavy atom. The molecule has 0 spiro atoms. The monoisotopic (exact) mass is 415 g/mol. The van der Waals surface area contributed by atoms with Crippen molar-refractivity contribution in [2.24, 2.45) is 0 Å². The number of hydrogen-bond donors (Lipinski definition) is 0. The van der Waals surface area contributed by atoms with Crippen molar-refractivity contribution < 1.29 is 9.53 Å². The summed E-state index contributed by atoms with van der Waals surface area (Å²) in [7, 11) is 0. The summed E-state index contributed by atoms with van der Waals surface area (Å²) in [5.41, 5.74) is 3.24. The van der Waals surface area contributed by atoms with Crippen LogP contribution in [0.25, 0.3) is 0 Å². The first-order valence-electron chi connectivity index (χ1n) is 10.9. The number of ether oxygens (including phenoxy) is 1. The van der Waals surface area contributed by atoms with Crippen molar-refractivity contribution in [3.8, 4) is 5.75 Å². The molecule has 160 valence electrons. The van der Waals surface area contributed by atoms with Gasteiger partial charge in [-0.3, -0.25) is 14.7 Å². The van der Waals surface area contributed by atoms with Crippen LogP contribution in [0.2, 0.25) is 0 Å². The van der Waals surface area contributed by atoms with E-state index in [0.29, 0.717) is 13.0 Å². The van der Waals surface area contributed by atoms with Gasteiger partial charge in [-0.25, -0.2) is 0 Å². The first-order chi connectivity index (χ1) is 15.3. The number of carbonyl (C=O) groups is 1. The van der Waals surface area contributed by atoms with Gasteiger partial charge < -0.3 is 9.64 Å². The summed E-state index contributed by atoms with van der Waals surface area (Å²) >= 11 is 0. The van der Waals surface area contributed by atoms with Gasteiger partial charge in [0.2, 0.25) is 5.91 Å². The highest BCUT2D eigenvalue weighted by atomic mass is 16.5. The third kappa shape index (κ3) is 6.40. The second-order valence-corrected chi connectivity index (χ2v) is 7.93. The topological polar surface area (TPSA) is 45.7 Å². The fraction of sp³-hybridized carbons (Fsp3) is 0.308. The van der Waals surface area contributed by atoms with Crippen LogP contribution in [0.5, 0.6) is 5.75 Å². The summed E-state index contributed by atoms with van der Waals surface area (Å²) < 4.78 is 5.84. The Hall–Kier alpha value is -3.18. The van der Waals surface area contributed by atoms with Gasteiger partial charge in [-0.15, -0.1) is 0 Å². The molecule has 1 aliphatic heterocycles. The molecule has 31 heavy (non-hydrogen) atoms. The van der Waals surface area contributed by atoms with E-state index in [0.717, 1.165) is 61.7 Å². The molecule has 0 radical (unpaired) electrons. The zero-order valence-corrected chi connectivity index (χ0v) is 17.8. The molecule has 2 aromatic carbocycles. The van der Waals surface area contributed by atoms with Gasteiger partial charge in [-0.1, -0.05) is 48.5 Å². The zero-order valence-electron chi connectivity index (χ0n) is 17.8. The number of amides is 1. The minimum atomic E-state index is 0.192. The molecule has 0 N–H and O–H groups in total. The molecular formula is C26H29N3O2. The molecule has 0 aliphatic carbocycles. The number of hydrogen-bond acceptors (Lipinski definition) is 4. The molecule has 2 heterocycles. The maximum Gasteiger partial charge on any atom is 0.227 e. The highest BCUT2D eigenvalue weighted by molar-refractivity contribution is 5.78. The van der Waals surface area contributed by atoms with Crippen molar-refractivity contribution in [1.82, 2.24) is 14.8 Å². The molecule has 1 aliphatic rings. The average molecular weight is 416 g/mol. The molecule has 3 aromatic rings. The molecule has 1 fully saturated rings. The second-order valence-electron chi connectivity index (χ2n) is 7.93. The van der Waals surface area contributed by atoms with Crippen LogP contribution >= 0.6 is 0 Å². The fourth-order valence-corrected chi connectivity index (χ4v) is 3.83. The van der Waals surface area contributed by atoms with Crippen LogP contribution < -0.4 is 4.74 Å². The van der Waals surface area contributed by atoms with Crippen LogP contribution in [-0.4, -0.2) is 46.9 Å². The number of rotatable bonds is 7. The molecule has 0 saturated carbocycles. The second kappa shape index (κ2) is 10.7. The van der Waals surface area contributed by atoms with E-state index >= 15 is 0 Å². The SMILES string of the molecule is O=C(Cc1ccc(OCc2ccccc2)cc1)N1CCCN(Cc2ccccn2)CC1. The Balaban J connectivity index is 1.25.